The molecule has 19 heavy (non-hydrogen) atoms. The molecule has 1 amide bonds. The van der Waals surface area contributed by atoms with E-state index in [1.54, 1.807) is 6.07 Å². The van der Waals surface area contributed by atoms with Gasteiger partial charge in [0.1, 0.15) is 0 Å². The predicted molar refractivity (Wildman–Crippen MR) is 78.6 cm³/mol. The second-order valence-electron chi connectivity index (χ2n) is 4.82. The zero-order valence-electron chi connectivity index (χ0n) is 10.8. The maximum atomic E-state index is 11.9. The van der Waals surface area contributed by atoms with Crippen LogP contribution >= 0.6 is 23.2 Å². The molecule has 0 atom stereocenters. The zero-order chi connectivity index (χ0) is 13.7. The first-order valence-electron chi connectivity index (χ1n) is 6.58. The molecule has 1 aromatic carbocycles. The summed E-state index contributed by atoms with van der Waals surface area (Å²) in [5, 5.41) is 4.38. The number of nitrogens with zero attached hydrogens (tertiary/aromatic N) is 1. The second-order valence-corrected chi connectivity index (χ2v) is 5.70. The van der Waals surface area contributed by atoms with Gasteiger partial charge in [0.25, 0.3) is 0 Å². The quantitative estimate of drug-likeness (QED) is 0.927. The summed E-state index contributed by atoms with van der Waals surface area (Å²) < 4.78 is 0. The van der Waals surface area contributed by atoms with Gasteiger partial charge in [-0.25, -0.2) is 0 Å². The van der Waals surface area contributed by atoms with Crippen LogP contribution in [0.25, 0.3) is 0 Å². The molecule has 1 fully saturated rings. The number of amides is 1. The molecule has 1 aliphatic rings. The van der Waals surface area contributed by atoms with Crippen molar-refractivity contribution >= 4 is 29.1 Å². The highest BCUT2D eigenvalue weighted by atomic mass is 35.5. The Morgan fingerprint density at radius 1 is 1.11 bits per heavy atom. The van der Waals surface area contributed by atoms with Gasteiger partial charge in [-0.2, -0.15) is 0 Å². The Morgan fingerprint density at radius 2 is 1.74 bits per heavy atom. The molecule has 1 saturated heterocycles. The third kappa shape index (κ3) is 4.68. The van der Waals surface area contributed by atoms with Crippen molar-refractivity contribution in [2.75, 3.05) is 19.6 Å². The minimum absolute atomic E-state index is 0.174. The van der Waals surface area contributed by atoms with E-state index in [2.05, 4.69) is 5.32 Å². The van der Waals surface area contributed by atoms with Crippen LogP contribution in [0.5, 0.6) is 0 Å². The molecule has 0 bridgehead atoms. The number of rotatable bonds is 4. The normalized spacial score (nSPS) is 15.6. The number of carbonyl (C=O) groups excluding carboxylic acids is 1. The fourth-order valence-electron chi connectivity index (χ4n) is 2.28. The van der Waals surface area contributed by atoms with Crippen LogP contribution in [-0.2, 0) is 11.3 Å². The molecule has 1 aliphatic heterocycles. The molecule has 0 saturated carbocycles. The Balaban J connectivity index is 1.77. The number of nitrogens with one attached hydrogen (secondary N) is 1. The topological polar surface area (TPSA) is 32.3 Å². The van der Waals surface area contributed by atoms with Crippen molar-refractivity contribution in [2.24, 2.45) is 0 Å². The lowest BCUT2D eigenvalue weighted by Gasteiger charge is -2.26. The number of piperidine rings is 1. The molecule has 5 heteroatoms. The molecule has 1 heterocycles. The van der Waals surface area contributed by atoms with E-state index in [1.807, 2.05) is 17.0 Å². The van der Waals surface area contributed by atoms with Crippen LogP contribution in [0.15, 0.2) is 18.2 Å². The number of halogens is 2. The van der Waals surface area contributed by atoms with E-state index >= 15 is 0 Å². The molecule has 104 valence electrons. The van der Waals surface area contributed by atoms with Crippen molar-refractivity contribution in [3.8, 4) is 0 Å². The lowest BCUT2D eigenvalue weighted by molar-refractivity contribution is -0.131. The monoisotopic (exact) mass is 300 g/mol. The van der Waals surface area contributed by atoms with E-state index in [0.717, 1.165) is 31.5 Å². The van der Waals surface area contributed by atoms with E-state index in [4.69, 9.17) is 23.2 Å². The first-order valence-corrected chi connectivity index (χ1v) is 7.34. The average molecular weight is 301 g/mol. The fraction of sp³-hybridized carbons (Fsp3) is 0.500. The van der Waals surface area contributed by atoms with E-state index in [1.165, 1.54) is 6.42 Å². The number of carbonyl (C=O) groups is 1. The standard InChI is InChI=1S/C14H18Cl2N2O/c15-12-6-11(7-13(16)8-12)9-17-10-14(19)18-4-2-1-3-5-18/h6-8,17H,1-5,9-10H2. The summed E-state index contributed by atoms with van der Waals surface area (Å²) in [7, 11) is 0. The van der Waals surface area contributed by atoms with E-state index in [9.17, 15) is 4.79 Å². The van der Waals surface area contributed by atoms with E-state index in [0.29, 0.717) is 23.1 Å². The average Bonchev–Trinajstić information content (AvgIpc) is 2.38. The third-order valence-electron chi connectivity index (χ3n) is 3.24. The van der Waals surface area contributed by atoms with Crippen molar-refractivity contribution in [1.29, 1.82) is 0 Å². The Kier molecular flexibility index (Phi) is 5.49. The maximum absolute atomic E-state index is 11.9. The van der Waals surface area contributed by atoms with Gasteiger partial charge < -0.3 is 10.2 Å². The molecular formula is C14H18Cl2N2O. The first-order chi connectivity index (χ1) is 9.15. The van der Waals surface area contributed by atoms with Gasteiger partial charge >= 0.3 is 0 Å². The highest BCUT2D eigenvalue weighted by Crippen LogP contribution is 2.18. The van der Waals surface area contributed by atoms with Gasteiger partial charge in [-0.05, 0) is 43.0 Å². The molecule has 0 spiro atoms. The number of hydrogen-bond donors (Lipinski definition) is 1. The Bertz CT molecular complexity index is 425. The van der Waals surface area contributed by atoms with Gasteiger partial charge in [0.15, 0.2) is 0 Å². The minimum atomic E-state index is 0.174. The number of likely N-dealkylation sites (tertiary alicyclic amines) is 1. The fourth-order valence-corrected chi connectivity index (χ4v) is 2.85. The van der Waals surface area contributed by atoms with Gasteiger partial charge in [0.05, 0.1) is 6.54 Å². The predicted octanol–water partition coefficient (Wildman–Crippen LogP) is 3.10. The second kappa shape index (κ2) is 7.13. The van der Waals surface area contributed by atoms with Crippen molar-refractivity contribution in [3.63, 3.8) is 0 Å². The minimum Gasteiger partial charge on any atom is -0.342 e. The largest absolute Gasteiger partial charge is 0.342 e. The summed E-state index contributed by atoms with van der Waals surface area (Å²) >= 11 is 11.9. The first kappa shape index (κ1) is 14.6. The molecule has 1 aromatic rings. The molecule has 0 aromatic heterocycles. The highest BCUT2D eigenvalue weighted by Gasteiger charge is 2.15. The van der Waals surface area contributed by atoms with Crippen molar-refractivity contribution in [2.45, 2.75) is 25.8 Å². The van der Waals surface area contributed by atoms with Crippen LogP contribution in [-0.4, -0.2) is 30.4 Å². The SMILES string of the molecule is O=C(CNCc1cc(Cl)cc(Cl)c1)N1CCCCC1. The smallest absolute Gasteiger partial charge is 0.236 e. The lowest BCUT2D eigenvalue weighted by Crippen LogP contribution is -2.40. The van der Waals surface area contributed by atoms with Gasteiger partial charge in [-0.15, -0.1) is 0 Å². The summed E-state index contributed by atoms with van der Waals surface area (Å²) in [6.07, 6.45) is 3.48. The van der Waals surface area contributed by atoms with Crippen LogP contribution in [0.2, 0.25) is 10.0 Å². The van der Waals surface area contributed by atoms with Crippen LogP contribution in [0.1, 0.15) is 24.8 Å². The van der Waals surface area contributed by atoms with Gasteiger partial charge in [-0.1, -0.05) is 23.2 Å². The van der Waals surface area contributed by atoms with Crippen LogP contribution in [0, 0.1) is 0 Å². The van der Waals surface area contributed by atoms with Gasteiger partial charge in [0, 0.05) is 29.7 Å². The van der Waals surface area contributed by atoms with Crippen molar-refractivity contribution < 1.29 is 4.79 Å². The van der Waals surface area contributed by atoms with Gasteiger partial charge in [0.2, 0.25) is 5.91 Å². The van der Waals surface area contributed by atoms with Crippen molar-refractivity contribution in [1.82, 2.24) is 10.2 Å². The summed E-state index contributed by atoms with van der Waals surface area (Å²) in [6, 6.07) is 5.41. The number of hydrogen-bond acceptors (Lipinski definition) is 2. The molecule has 3 nitrogen and oxygen atoms in total. The molecule has 0 unspecified atom stereocenters. The van der Waals surface area contributed by atoms with Gasteiger partial charge in [-0.3, -0.25) is 4.79 Å². The van der Waals surface area contributed by atoms with Crippen LogP contribution in [0.4, 0.5) is 0 Å². The van der Waals surface area contributed by atoms with E-state index in [-0.39, 0.29) is 5.91 Å². The molecule has 1 N–H and O–H groups in total. The Labute approximate surface area is 123 Å². The maximum Gasteiger partial charge on any atom is 0.236 e. The summed E-state index contributed by atoms with van der Waals surface area (Å²) in [5.41, 5.74) is 0.990. The third-order valence-corrected chi connectivity index (χ3v) is 3.67. The van der Waals surface area contributed by atoms with Crippen LogP contribution in [0.3, 0.4) is 0 Å². The Morgan fingerprint density at radius 3 is 2.37 bits per heavy atom. The zero-order valence-corrected chi connectivity index (χ0v) is 12.3. The lowest BCUT2D eigenvalue weighted by atomic mass is 10.1. The summed E-state index contributed by atoms with van der Waals surface area (Å²) in [5.74, 6) is 0.174. The number of benzene rings is 1. The van der Waals surface area contributed by atoms with Crippen LogP contribution < -0.4 is 5.32 Å². The molecule has 0 aliphatic carbocycles. The molecule has 2 rings (SSSR count). The Hall–Kier alpha value is -0.770. The van der Waals surface area contributed by atoms with E-state index < -0.39 is 0 Å². The van der Waals surface area contributed by atoms with Crippen molar-refractivity contribution in [3.05, 3.63) is 33.8 Å². The summed E-state index contributed by atoms with van der Waals surface area (Å²) in [4.78, 5) is 13.9. The molecule has 0 radical (unpaired) electrons. The molecular weight excluding hydrogens is 283 g/mol. The summed E-state index contributed by atoms with van der Waals surface area (Å²) in [6.45, 7) is 2.75. The highest BCUT2D eigenvalue weighted by molar-refractivity contribution is 6.34.